The van der Waals surface area contributed by atoms with Crippen LogP contribution in [-0.2, 0) is 12.3 Å². The summed E-state index contributed by atoms with van der Waals surface area (Å²) in [6.45, 7) is 9.45. The van der Waals surface area contributed by atoms with E-state index in [0.29, 0.717) is 0 Å². The summed E-state index contributed by atoms with van der Waals surface area (Å²) < 4.78 is 2.24. The van der Waals surface area contributed by atoms with Crippen LogP contribution in [-0.4, -0.2) is 14.8 Å². The molecule has 0 spiro atoms. The predicted molar refractivity (Wildman–Crippen MR) is 125 cm³/mol. The number of nitrogens with zero attached hydrogens (tertiary/aromatic N) is 3. The molecule has 2 aromatic carbocycles. The Kier molecular flexibility index (Phi) is 5.88. The first kappa shape index (κ1) is 19.9. The van der Waals surface area contributed by atoms with Gasteiger partial charge in [-0.15, -0.1) is 21.5 Å². The summed E-state index contributed by atoms with van der Waals surface area (Å²) in [5, 5.41) is 12.3. The summed E-state index contributed by atoms with van der Waals surface area (Å²) in [6, 6.07) is 17.4. The highest BCUT2D eigenvalue weighted by molar-refractivity contribution is 7.98. The van der Waals surface area contributed by atoms with E-state index in [2.05, 4.69) is 96.4 Å². The molecule has 29 heavy (non-hydrogen) atoms. The monoisotopic (exact) mass is 419 g/mol. The van der Waals surface area contributed by atoms with Crippen LogP contribution in [0.25, 0.3) is 22.5 Å². The van der Waals surface area contributed by atoms with Gasteiger partial charge in [0.15, 0.2) is 11.0 Å². The maximum Gasteiger partial charge on any atom is 0.191 e. The second-order valence-electron chi connectivity index (χ2n) is 7.27. The fourth-order valence-electron chi connectivity index (χ4n) is 3.53. The van der Waals surface area contributed by atoms with Crippen molar-refractivity contribution in [3.05, 3.63) is 75.5 Å². The third-order valence-electron chi connectivity index (χ3n) is 5.04. The van der Waals surface area contributed by atoms with Crippen LogP contribution in [0, 0.1) is 20.8 Å². The van der Waals surface area contributed by atoms with Gasteiger partial charge in [-0.25, -0.2) is 0 Å². The van der Waals surface area contributed by atoms with Crippen LogP contribution < -0.4 is 0 Å². The van der Waals surface area contributed by atoms with E-state index in [4.69, 9.17) is 0 Å². The van der Waals surface area contributed by atoms with Crippen molar-refractivity contribution < 1.29 is 0 Å². The Morgan fingerprint density at radius 1 is 0.966 bits per heavy atom. The lowest BCUT2D eigenvalue weighted by Crippen LogP contribution is -2.00. The number of rotatable bonds is 6. The molecule has 0 unspecified atom stereocenters. The molecule has 0 amide bonds. The van der Waals surface area contributed by atoms with Gasteiger partial charge in [-0.1, -0.05) is 71.4 Å². The van der Waals surface area contributed by atoms with E-state index in [1.807, 2.05) is 0 Å². The standard InChI is InChI=1S/C24H25N3S2/c1-5-27-23(25-26-24(27)29-14-19-8-6-7-17(3)13-19)21-15-28-18(4)22(21)20-11-9-16(2)10-12-20/h6-13,15H,5,14H2,1-4H3. The molecular formula is C24H25N3S2. The first-order chi connectivity index (χ1) is 14.1. The Hall–Kier alpha value is -2.37. The van der Waals surface area contributed by atoms with Gasteiger partial charge in [0.05, 0.1) is 0 Å². The molecule has 5 heteroatoms. The molecule has 0 radical (unpaired) electrons. The average Bonchev–Trinajstić information content (AvgIpc) is 3.30. The number of hydrogen-bond donors (Lipinski definition) is 0. The van der Waals surface area contributed by atoms with Gasteiger partial charge >= 0.3 is 0 Å². The second kappa shape index (κ2) is 8.56. The molecule has 2 heterocycles. The molecule has 3 nitrogen and oxygen atoms in total. The van der Waals surface area contributed by atoms with Crippen molar-refractivity contribution in [2.24, 2.45) is 0 Å². The number of thioether (sulfide) groups is 1. The zero-order valence-corrected chi connectivity index (χ0v) is 18.9. The molecule has 0 N–H and O–H groups in total. The highest BCUT2D eigenvalue weighted by Crippen LogP contribution is 2.39. The zero-order valence-electron chi connectivity index (χ0n) is 17.3. The Labute approximate surface area is 180 Å². The number of aromatic nitrogens is 3. The maximum absolute atomic E-state index is 4.60. The maximum atomic E-state index is 4.60. The summed E-state index contributed by atoms with van der Waals surface area (Å²) >= 11 is 3.53. The van der Waals surface area contributed by atoms with Crippen molar-refractivity contribution in [2.45, 2.75) is 45.1 Å². The summed E-state index contributed by atoms with van der Waals surface area (Å²) in [5.74, 6) is 1.85. The quantitative estimate of drug-likeness (QED) is 0.318. The van der Waals surface area contributed by atoms with Crippen LogP contribution in [0.15, 0.2) is 59.1 Å². The Morgan fingerprint density at radius 2 is 1.76 bits per heavy atom. The second-order valence-corrected chi connectivity index (χ2v) is 9.30. The minimum atomic E-state index is 0.848. The topological polar surface area (TPSA) is 30.7 Å². The van der Waals surface area contributed by atoms with Crippen LogP contribution in [0.4, 0.5) is 0 Å². The van der Waals surface area contributed by atoms with Crippen molar-refractivity contribution in [1.82, 2.24) is 14.8 Å². The predicted octanol–water partition coefficient (Wildman–Crippen LogP) is 6.91. The van der Waals surface area contributed by atoms with Crippen LogP contribution >= 0.6 is 23.1 Å². The van der Waals surface area contributed by atoms with Crippen LogP contribution in [0.3, 0.4) is 0 Å². The number of hydrogen-bond acceptors (Lipinski definition) is 4. The molecule has 0 aliphatic carbocycles. The van der Waals surface area contributed by atoms with Gasteiger partial charge in [0.1, 0.15) is 0 Å². The van der Waals surface area contributed by atoms with E-state index in [1.165, 1.54) is 38.3 Å². The molecule has 2 aromatic heterocycles. The minimum absolute atomic E-state index is 0.848. The first-order valence-corrected chi connectivity index (χ1v) is 11.7. The van der Waals surface area contributed by atoms with Crippen LogP contribution in [0.5, 0.6) is 0 Å². The van der Waals surface area contributed by atoms with Crippen molar-refractivity contribution in [1.29, 1.82) is 0 Å². The fourth-order valence-corrected chi connectivity index (χ4v) is 5.34. The Morgan fingerprint density at radius 3 is 2.48 bits per heavy atom. The van der Waals surface area contributed by atoms with Crippen molar-refractivity contribution in [3.8, 4) is 22.5 Å². The van der Waals surface area contributed by atoms with Crippen molar-refractivity contribution in [2.75, 3.05) is 0 Å². The molecule has 0 saturated carbocycles. The summed E-state index contributed by atoms with van der Waals surface area (Å²) in [4.78, 5) is 1.31. The van der Waals surface area contributed by atoms with Crippen molar-refractivity contribution >= 4 is 23.1 Å². The SMILES string of the molecule is CCn1c(SCc2cccc(C)c2)nnc1-c1csc(C)c1-c1ccc(C)cc1. The molecule has 4 rings (SSSR count). The molecular weight excluding hydrogens is 394 g/mol. The van der Waals surface area contributed by atoms with Gasteiger partial charge in [-0.3, -0.25) is 0 Å². The molecule has 0 bridgehead atoms. The molecule has 0 saturated heterocycles. The van der Waals surface area contributed by atoms with Gasteiger partial charge in [0, 0.05) is 33.7 Å². The normalized spacial score (nSPS) is 11.2. The molecule has 0 aliphatic rings. The zero-order chi connectivity index (χ0) is 20.4. The highest BCUT2D eigenvalue weighted by atomic mass is 32.2. The van der Waals surface area contributed by atoms with E-state index >= 15 is 0 Å². The van der Waals surface area contributed by atoms with E-state index in [1.54, 1.807) is 23.1 Å². The van der Waals surface area contributed by atoms with Gasteiger partial charge in [-0.05, 0) is 38.8 Å². The molecule has 148 valence electrons. The third kappa shape index (κ3) is 4.16. The third-order valence-corrected chi connectivity index (χ3v) is 6.99. The first-order valence-electron chi connectivity index (χ1n) is 9.84. The summed E-state index contributed by atoms with van der Waals surface area (Å²) in [7, 11) is 0. The number of aryl methyl sites for hydroxylation is 3. The van der Waals surface area contributed by atoms with E-state index in [-0.39, 0.29) is 0 Å². The largest absolute Gasteiger partial charge is 0.302 e. The summed E-state index contributed by atoms with van der Waals surface area (Å²) in [6.07, 6.45) is 0. The minimum Gasteiger partial charge on any atom is -0.302 e. The fraction of sp³-hybridized carbons (Fsp3) is 0.250. The van der Waals surface area contributed by atoms with Gasteiger partial charge in [0.2, 0.25) is 0 Å². The summed E-state index contributed by atoms with van der Waals surface area (Å²) in [5.41, 5.74) is 7.56. The van der Waals surface area contributed by atoms with E-state index in [0.717, 1.165) is 23.3 Å². The van der Waals surface area contributed by atoms with Crippen LogP contribution in [0.1, 0.15) is 28.5 Å². The highest BCUT2D eigenvalue weighted by Gasteiger charge is 2.20. The van der Waals surface area contributed by atoms with E-state index in [9.17, 15) is 0 Å². The molecule has 0 fully saturated rings. The number of thiophene rings is 1. The molecule has 0 aliphatic heterocycles. The van der Waals surface area contributed by atoms with E-state index < -0.39 is 0 Å². The van der Waals surface area contributed by atoms with Gasteiger partial charge in [-0.2, -0.15) is 0 Å². The Bertz CT molecular complexity index is 1120. The molecule has 0 atom stereocenters. The van der Waals surface area contributed by atoms with Gasteiger partial charge in [0.25, 0.3) is 0 Å². The molecule has 4 aromatic rings. The smallest absolute Gasteiger partial charge is 0.191 e. The Balaban J connectivity index is 1.67. The lowest BCUT2D eigenvalue weighted by atomic mass is 10.0. The van der Waals surface area contributed by atoms with Crippen LogP contribution in [0.2, 0.25) is 0 Å². The lowest BCUT2D eigenvalue weighted by Gasteiger charge is -2.10. The van der Waals surface area contributed by atoms with Gasteiger partial charge < -0.3 is 4.57 Å². The lowest BCUT2D eigenvalue weighted by molar-refractivity contribution is 0.687. The number of benzene rings is 2. The average molecular weight is 420 g/mol. The van der Waals surface area contributed by atoms with Crippen molar-refractivity contribution in [3.63, 3.8) is 0 Å².